The van der Waals surface area contributed by atoms with Crippen molar-refractivity contribution < 1.29 is 13.6 Å². The van der Waals surface area contributed by atoms with Crippen molar-refractivity contribution in [2.75, 3.05) is 0 Å². The maximum atomic E-state index is 13.5. The largest absolute Gasteiger partial charge is 0.289 e. The summed E-state index contributed by atoms with van der Waals surface area (Å²) in [6.45, 7) is 3.74. The van der Waals surface area contributed by atoms with E-state index in [1.165, 1.54) is 6.07 Å². The summed E-state index contributed by atoms with van der Waals surface area (Å²) < 4.78 is 26.4. The predicted octanol–water partition coefficient (Wildman–Crippen LogP) is 4.58. The number of aryl methyl sites for hydroxylation is 2. The van der Waals surface area contributed by atoms with Crippen LogP contribution in [0.25, 0.3) is 0 Å². The molecular weight excluding hydrogens is 314 g/mol. The molecule has 0 bridgehead atoms. The van der Waals surface area contributed by atoms with Crippen LogP contribution in [0.3, 0.4) is 0 Å². The highest BCUT2D eigenvalue weighted by molar-refractivity contribution is 9.10. The van der Waals surface area contributed by atoms with Gasteiger partial charge in [0.05, 0.1) is 4.47 Å². The summed E-state index contributed by atoms with van der Waals surface area (Å²) in [4.78, 5) is 12.3. The zero-order valence-electron chi connectivity index (χ0n) is 10.4. The Hall–Kier alpha value is -1.55. The van der Waals surface area contributed by atoms with Crippen LogP contribution in [0, 0.1) is 25.5 Å². The number of carbonyl (C=O) groups excluding carboxylic acids is 1. The van der Waals surface area contributed by atoms with Crippen molar-refractivity contribution in [1.82, 2.24) is 0 Å². The Morgan fingerprint density at radius 3 is 2.32 bits per heavy atom. The normalized spacial score (nSPS) is 10.6. The average molecular weight is 325 g/mol. The first-order valence-corrected chi connectivity index (χ1v) is 6.46. The van der Waals surface area contributed by atoms with E-state index in [-0.39, 0.29) is 15.8 Å². The van der Waals surface area contributed by atoms with E-state index in [1.807, 2.05) is 26.0 Å². The Kier molecular flexibility index (Phi) is 3.80. The number of ketones is 1. The Labute approximate surface area is 118 Å². The van der Waals surface area contributed by atoms with E-state index in [1.54, 1.807) is 6.07 Å². The van der Waals surface area contributed by atoms with Crippen LogP contribution >= 0.6 is 15.9 Å². The van der Waals surface area contributed by atoms with Gasteiger partial charge in [-0.05, 0) is 47.5 Å². The van der Waals surface area contributed by atoms with E-state index in [9.17, 15) is 13.6 Å². The summed E-state index contributed by atoms with van der Waals surface area (Å²) in [5.41, 5.74) is 2.45. The summed E-state index contributed by atoms with van der Waals surface area (Å²) >= 11 is 2.93. The minimum atomic E-state index is -1.05. The lowest BCUT2D eigenvalue weighted by molar-refractivity contribution is 0.103. The molecule has 0 N–H and O–H groups in total. The Bertz CT molecular complexity index is 665. The molecule has 2 aromatic rings. The van der Waals surface area contributed by atoms with Gasteiger partial charge in [0.25, 0.3) is 0 Å². The van der Waals surface area contributed by atoms with Gasteiger partial charge in [0, 0.05) is 11.1 Å². The van der Waals surface area contributed by atoms with Gasteiger partial charge >= 0.3 is 0 Å². The number of carbonyl (C=O) groups is 1. The number of rotatable bonds is 2. The zero-order valence-corrected chi connectivity index (χ0v) is 12.0. The summed E-state index contributed by atoms with van der Waals surface area (Å²) in [6.07, 6.45) is 0. The van der Waals surface area contributed by atoms with Gasteiger partial charge < -0.3 is 0 Å². The van der Waals surface area contributed by atoms with Crippen molar-refractivity contribution in [1.29, 1.82) is 0 Å². The van der Waals surface area contributed by atoms with Gasteiger partial charge in [-0.15, -0.1) is 0 Å². The number of halogens is 3. The molecule has 0 saturated heterocycles. The van der Waals surface area contributed by atoms with Crippen molar-refractivity contribution in [3.05, 3.63) is 68.7 Å². The van der Waals surface area contributed by atoms with Crippen LogP contribution in [-0.4, -0.2) is 5.78 Å². The Balaban J connectivity index is 2.53. The lowest BCUT2D eigenvalue weighted by atomic mass is 9.97. The van der Waals surface area contributed by atoms with Crippen molar-refractivity contribution in [3.8, 4) is 0 Å². The third-order valence-electron chi connectivity index (χ3n) is 2.91. The average Bonchev–Trinajstić information content (AvgIpc) is 2.35. The molecule has 4 heteroatoms. The standard InChI is InChI=1S/C15H11BrF2O/c1-8-3-4-10(9(2)7-8)15(19)11-5-6-12(17)14(18)13(11)16/h3-7H,1-2H3. The number of hydrogen-bond donors (Lipinski definition) is 0. The van der Waals surface area contributed by atoms with Gasteiger partial charge in [-0.25, -0.2) is 8.78 Å². The zero-order chi connectivity index (χ0) is 14.2. The van der Waals surface area contributed by atoms with Gasteiger partial charge in [-0.3, -0.25) is 4.79 Å². The Morgan fingerprint density at radius 1 is 1.05 bits per heavy atom. The molecule has 2 aromatic carbocycles. The quantitative estimate of drug-likeness (QED) is 0.584. The molecule has 0 atom stereocenters. The molecule has 0 aromatic heterocycles. The summed E-state index contributed by atoms with van der Waals surface area (Å²) in [7, 11) is 0. The van der Waals surface area contributed by atoms with Crippen LogP contribution in [0.2, 0.25) is 0 Å². The summed E-state index contributed by atoms with van der Waals surface area (Å²) in [5.74, 6) is -2.36. The minimum Gasteiger partial charge on any atom is -0.289 e. The molecule has 0 fully saturated rings. The minimum absolute atomic E-state index is 0.117. The third kappa shape index (κ3) is 2.59. The molecule has 0 radical (unpaired) electrons. The lowest BCUT2D eigenvalue weighted by Crippen LogP contribution is -2.06. The lowest BCUT2D eigenvalue weighted by Gasteiger charge is -2.08. The van der Waals surface area contributed by atoms with E-state index in [4.69, 9.17) is 0 Å². The molecule has 2 rings (SSSR count). The number of hydrogen-bond acceptors (Lipinski definition) is 1. The van der Waals surface area contributed by atoms with Crippen LogP contribution in [-0.2, 0) is 0 Å². The second kappa shape index (κ2) is 5.21. The van der Waals surface area contributed by atoms with Crippen molar-refractivity contribution in [2.24, 2.45) is 0 Å². The first-order valence-electron chi connectivity index (χ1n) is 5.67. The third-order valence-corrected chi connectivity index (χ3v) is 3.68. The fourth-order valence-corrected chi connectivity index (χ4v) is 2.42. The highest BCUT2D eigenvalue weighted by Gasteiger charge is 2.19. The molecule has 0 spiro atoms. The molecule has 0 aliphatic carbocycles. The molecule has 0 saturated carbocycles. The molecule has 0 unspecified atom stereocenters. The van der Waals surface area contributed by atoms with Crippen molar-refractivity contribution in [2.45, 2.75) is 13.8 Å². The van der Waals surface area contributed by atoms with E-state index in [2.05, 4.69) is 15.9 Å². The van der Waals surface area contributed by atoms with E-state index < -0.39 is 11.6 Å². The van der Waals surface area contributed by atoms with Crippen LogP contribution in [0.4, 0.5) is 8.78 Å². The smallest absolute Gasteiger partial charge is 0.194 e. The first kappa shape index (κ1) is 13.9. The van der Waals surface area contributed by atoms with Gasteiger partial charge in [0.1, 0.15) is 0 Å². The van der Waals surface area contributed by atoms with Crippen molar-refractivity contribution >= 4 is 21.7 Å². The second-order valence-electron chi connectivity index (χ2n) is 4.37. The molecule has 0 amide bonds. The van der Waals surface area contributed by atoms with E-state index in [0.29, 0.717) is 5.56 Å². The molecule has 1 nitrogen and oxygen atoms in total. The number of benzene rings is 2. The summed E-state index contributed by atoms with van der Waals surface area (Å²) in [6, 6.07) is 7.62. The molecule has 98 valence electrons. The maximum Gasteiger partial charge on any atom is 0.194 e. The first-order chi connectivity index (χ1) is 8.91. The fraction of sp³-hybridized carbons (Fsp3) is 0.133. The highest BCUT2D eigenvalue weighted by atomic mass is 79.9. The SMILES string of the molecule is Cc1ccc(C(=O)c2ccc(F)c(F)c2Br)c(C)c1. The molecular formula is C15H11BrF2O. The van der Waals surface area contributed by atoms with Gasteiger partial charge in [-0.1, -0.05) is 23.8 Å². The highest BCUT2D eigenvalue weighted by Crippen LogP contribution is 2.26. The fourth-order valence-electron chi connectivity index (χ4n) is 1.91. The molecule has 0 heterocycles. The van der Waals surface area contributed by atoms with E-state index in [0.717, 1.165) is 17.2 Å². The second-order valence-corrected chi connectivity index (χ2v) is 5.16. The van der Waals surface area contributed by atoms with Crippen molar-refractivity contribution in [3.63, 3.8) is 0 Å². The topological polar surface area (TPSA) is 17.1 Å². The molecule has 0 aliphatic rings. The molecule has 0 aliphatic heterocycles. The van der Waals surface area contributed by atoms with Crippen LogP contribution in [0.15, 0.2) is 34.8 Å². The van der Waals surface area contributed by atoms with Crippen LogP contribution in [0.1, 0.15) is 27.0 Å². The summed E-state index contributed by atoms with van der Waals surface area (Å²) in [5, 5.41) is 0. The Morgan fingerprint density at radius 2 is 1.68 bits per heavy atom. The van der Waals surface area contributed by atoms with Crippen LogP contribution in [0.5, 0.6) is 0 Å². The molecule has 19 heavy (non-hydrogen) atoms. The predicted molar refractivity (Wildman–Crippen MR) is 73.4 cm³/mol. The maximum absolute atomic E-state index is 13.5. The van der Waals surface area contributed by atoms with E-state index >= 15 is 0 Å². The van der Waals surface area contributed by atoms with Gasteiger partial charge in [-0.2, -0.15) is 0 Å². The van der Waals surface area contributed by atoms with Crippen LogP contribution < -0.4 is 0 Å². The van der Waals surface area contributed by atoms with Gasteiger partial charge in [0.15, 0.2) is 17.4 Å². The monoisotopic (exact) mass is 324 g/mol. The van der Waals surface area contributed by atoms with Gasteiger partial charge in [0.2, 0.25) is 0 Å².